The van der Waals surface area contributed by atoms with Crippen LogP contribution in [0.3, 0.4) is 0 Å². The standard InChI is InChI=1S/C16H27N3/c1-4-18-14(3)16-6-5-7-19(12-16)11-15-8-13(2)9-17-10-15/h8-10,14,16,18H,4-7,11-12H2,1-3H3. The number of piperidine rings is 1. The molecule has 0 amide bonds. The van der Waals surface area contributed by atoms with E-state index in [0.29, 0.717) is 6.04 Å². The monoisotopic (exact) mass is 261 g/mol. The molecule has 19 heavy (non-hydrogen) atoms. The number of hydrogen-bond donors (Lipinski definition) is 1. The van der Waals surface area contributed by atoms with E-state index in [2.05, 4.69) is 42.0 Å². The second kappa shape index (κ2) is 7.01. The molecule has 0 aliphatic carbocycles. The first-order valence-corrected chi connectivity index (χ1v) is 7.55. The van der Waals surface area contributed by atoms with Gasteiger partial charge in [0.1, 0.15) is 0 Å². The Labute approximate surface area is 117 Å². The fourth-order valence-electron chi connectivity index (χ4n) is 3.09. The second-order valence-electron chi connectivity index (χ2n) is 5.85. The lowest BCUT2D eigenvalue weighted by Crippen LogP contribution is -2.44. The van der Waals surface area contributed by atoms with Gasteiger partial charge in [-0.2, -0.15) is 0 Å². The zero-order valence-corrected chi connectivity index (χ0v) is 12.5. The molecule has 106 valence electrons. The minimum atomic E-state index is 0.628. The predicted molar refractivity (Wildman–Crippen MR) is 80.1 cm³/mol. The van der Waals surface area contributed by atoms with E-state index in [-0.39, 0.29) is 0 Å². The largest absolute Gasteiger partial charge is 0.314 e. The second-order valence-corrected chi connectivity index (χ2v) is 5.85. The van der Waals surface area contributed by atoms with Crippen molar-refractivity contribution < 1.29 is 0 Å². The summed E-state index contributed by atoms with van der Waals surface area (Å²) in [7, 11) is 0. The van der Waals surface area contributed by atoms with Gasteiger partial charge in [-0.15, -0.1) is 0 Å². The van der Waals surface area contributed by atoms with Crippen molar-refractivity contribution in [3.63, 3.8) is 0 Å². The molecule has 2 unspecified atom stereocenters. The van der Waals surface area contributed by atoms with E-state index in [9.17, 15) is 0 Å². The zero-order valence-electron chi connectivity index (χ0n) is 12.5. The first-order chi connectivity index (χ1) is 9.19. The van der Waals surface area contributed by atoms with E-state index >= 15 is 0 Å². The molecule has 1 aliphatic heterocycles. The van der Waals surface area contributed by atoms with Gasteiger partial charge in [-0.05, 0) is 56.8 Å². The lowest BCUT2D eigenvalue weighted by molar-refractivity contribution is 0.145. The Kier molecular flexibility index (Phi) is 5.34. The molecule has 0 radical (unpaired) electrons. The Hall–Kier alpha value is -0.930. The molecule has 1 aromatic rings. The third kappa shape index (κ3) is 4.29. The first-order valence-electron chi connectivity index (χ1n) is 7.55. The maximum absolute atomic E-state index is 4.29. The Morgan fingerprint density at radius 3 is 3.05 bits per heavy atom. The Bertz CT molecular complexity index is 391. The van der Waals surface area contributed by atoms with Gasteiger partial charge in [0.25, 0.3) is 0 Å². The highest BCUT2D eigenvalue weighted by Crippen LogP contribution is 2.21. The van der Waals surface area contributed by atoms with Gasteiger partial charge in [-0.25, -0.2) is 0 Å². The van der Waals surface area contributed by atoms with Crippen LogP contribution in [0, 0.1) is 12.8 Å². The maximum Gasteiger partial charge on any atom is 0.0313 e. The number of hydrogen-bond acceptors (Lipinski definition) is 3. The van der Waals surface area contributed by atoms with Crippen molar-refractivity contribution in [1.82, 2.24) is 15.2 Å². The Morgan fingerprint density at radius 2 is 2.32 bits per heavy atom. The molecule has 3 heteroatoms. The van der Waals surface area contributed by atoms with Gasteiger partial charge >= 0.3 is 0 Å². The summed E-state index contributed by atoms with van der Waals surface area (Å²) in [6, 6.07) is 2.88. The van der Waals surface area contributed by atoms with Crippen LogP contribution in [0.25, 0.3) is 0 Å². The molecule has 1 N–H and O–H groups in total. The zero-order chi connectivity index (χ0) is 13.7. The number of pyridine rings is 1. The van der Waals surface area contributed by atoms with Crippen molar-refractivity contribution >= 4 is 0 Å². The summed E-state index contributed by atoms with van der Waals surface area (Å²) in [6.45, 7) is 11.2. The smallest absolute Gasteiger partial charge is 0.0313 e. The normalized spacial score (nSPS) is 22.4. The minimum absolute atomic E-state index is 0.628. The summed E-state index contributed by atoms with van der Waals surface area (Å²) < 4.78 is 0. The van der Waals surface area contributed by atoms with Crippen LogP contribution in [0.2, 0.25) is 0 Å². The molecule has 1 aliphatic rings. The first kappa shape index (κ1) is 14.5. The van der Waals surface area contributed by atoms with Crippen LogP contribution in [0.5, 0.6) is 0 Å². The summed E-state index contributed by atoms with van der Waals surface area (Å²) in [6.07, 6.45) is 6.61. The number of rotatable bonds is 5. The molecule has 2 rings (SSSR count). The fraction of sp³-hybridized carbons (Fsp3) is 0.688. The summed E-state index contributed by atoms with van der Waals surface area (Å²) in [4.78, 5) is 6.88. The molecule has 0 bridgehead atoms. The van der Waals surface area contributed by atoms with Gasteiger partial charge in [0.2, 0.25) is 0 Å². The lowest BCUT2D eigenvalue weighted by Gasteiger charge is -2.36. The summed E-state index contributed by atoms with van der Waals surface area (Å²) in [5.74, 6) is 0.784. The molecule has 1 saturated heterocycles. The number of nitrogens with one attached hydrogen (secondary N) is 1. The Balaban J connectivity index is 1.90. The minimum Gasteiger partial charge on any atom is -0.314 e. The van der Waals surface area contributed by atoms with Crippen LogP contribution in [0.15, 0.2) is 18.5 Å². The van der Waals surface area contributed by atoms with Gasteiger partial charge < -0.3 is 5.32 Å². The highest BCUT2D eigenvalue weighted by atomic mass is 15.1. The molecule has 0 spiro atoms. The van der Waals surface area contributed by atoms with Crippen LogP contribution in [0.4, 0.5) is 0 Å². The average Bonchev–Trinajstić information content (AvgIpc) is 2.39. The average molecular weight is 261 g/mol. The van der Waals surface area contributed by atoms with E-state index in [4.69, 9.17) is 0 Å². The number of nitrogens with zero attached hydrogens (tertiary/aromatic N) is 2. The van der Waals surface area contributed by atoms with E-state index in [1.54, 1.807) is 0 Å². The summed E-state index contributed by atoms with van der Waals surface area (Å²) in [5, 5.41) is 3.57. The summed E-state index contributed by atoms with van der Waals surface area (Å²) in [5.41, 5.74) is 2.60. The van der Waals surface area contributed by atoms with Crippen LogP contribution < -0.4 is 5.32 Å². The van der Waals surface area contributed by atoms with Crippen LogP contribution >= 0.6 is 0 Å². The predicted octanol–water partition coefficient (Wildman–Crippen LogP) is 2.60. The molecule has 3 nitrogen and oxygen atoms in total. The fourth-order valence-corrected chi connectivity index (χ4v) is 3.09. The van der Waals surface area contributed by atoms with Crippen molar-refractivity contribution in [2.24, 2.45) is 5.92 Å². The lowest BCUT2D eigenvalue weighted by atomic mass is 9.91. The third-order valence-corrected chi connectivity index (χ3v) is 4.11. The summed E-state index contributed by atoms with van der Waals surface area (Å²) >= 11 is 0. The van der Waals surface area contributed by atoms with E-state index < -0.39 is 0 Å². The third-order valence-electron chi connectivity index (χ3n) is 4.11. The van der Waals surface area contributed by atoms with Gasteiger partial charge in [-0.1, -0.05) is 13.0 Å². The maximum atomic E-state index is 4.29. The van der Waals surface area contributed by atoms with Crippen LogP contribution in [0.1, 0.15) is 37.8 Å². The number of aryl methyl sites for hydroxylation is 1. The van der Waals surface area contributed by atoms with Crippen molar-refractivity contribution in [2.75, 3.05) is 19.6 Å². The number of aromatic nitrogens is 1. The van der Waals surface area contributed by atoms with Gasteiger partial charge in [-0.3, -0.25) is 9.88 Å². The molecule has 0 saturated carbocycles. The SMILES string of the molecule is CCNC(C)C1CCCN(Cc2cncc(C)c2)C1. The quantitative estimate of drug-likeness (QED) is 0.883. The molecule has 1 aromatic heterocycles. The van der Waals surface area contributed by atoms with E-state index in [0.717, 1.165) is 19.0 Å². The molecular weight excluding hydrogens is 234 g/mol. The van der Waals surface area contributed by atoms with Gasteiger partial charge in [0.05, 0.1) is 0 Å². The topological polar surface area (TPSA) is 28.2 Å². The Morgan fingerprint density at radius 1 is 1.47 bits per heavy atom. The van der Waals surface area contributed by atoms with Crippen molar-refractivity contribution in [2.45, 2.75) is 46.2 Å². The van der Waals surface area contributed by atoms with Crippen molar-refractivity contribution in [3.8, 4) is 0 Å². The van der Waals surface area contributed by atoms with Crippen molar-refractivity contribution in [1.29, 1.82) is 0 Å². The molecule has 1 fully saturated rings. The van der Waals surface area contributed by atoms with Crippen molar-refractivity contribution in [3.05, 3.63) is 29.6 Å². The highest BCUT2D eigenvalue weighted by Gasteiger charge is 2.24. The van der Waals surface area contributed by atoms with Gasteiger partial charge in [0, 0.05) is 31.5 Å². The molecule has 2 atom stereocenters. The highest BCUT2D eigenvalue weighted by molar-refractivity contribution is 5.16. The number of likely N-dealkylation sites (tertiary alicyclic amines) is 1. The molecule has 2 heterocycles. The van der Waals surface area contributed by atoms with Crippen LogP contribution in [-0.2, 0) is 6.54 Å². The van der Waals surface area contributed by atoms with Gasteiger partial charge in [0.15, 0.2) is 0 Å². The van der Waals surface area contributed by atoms with E-state index in [1.807, 2.05) is 12.4 Å². The van der Waals surface area contributed by atoms with Crippen LogP contribution in [-0.4, -0.2) is 35.6 Å². The molecular formula is C16H27N3. The van der Waals surface area contributed by atoms with E-state index in [1.165, 1.54) is 37.1 Å². The molecule has 0 aromatic carbocycles.